The number of piperidine rings is 2. The van der Waals surface area contributed by atoms with E-state index >= 15 is 0 Å². The van der Waals surface area contributed by atoms with Crippen molar-refractivity contribution in [2.75, 3.05) is 26.2 Å². The Morgan fingerprint density at radius 1 is 1.15 bits per heavy atom. The molecule has 2 aliphatic heterocycles. The molecule has 0 radical (unpaired) electrons. The van der Waals surface area contributed by atoms with Gasteiger partial charge in [0.1, 0.15) is 0 Å². The molecule has 148 valence electrons. The highest BCUT2D eigenvalue weighted by molar-refractivity contribution is 7.09. The highest BCUT2D eigenvalue weighted by atomic mass is 32.1. The van der Waals surface area contributed by atoms with Crippen LogP contribution in [0, 0.1) is 18.8 Å². The van der Waals surface area contributed by atoms with E-state index in [0.29, 0.717) is 24.4 Å². The van der Waals surface area contributed by atoms with Crippen molar-refractivity contribution < 1.29 is 9.59 Å². The van der Waals surface area contributed by atoms with E-state index in [4.69, 9.17) is 0 Å². The van der Waals surface area contributed by atoms with Crippen molar-refractivity contribution in [1.82, 2.24) is 20.1 Å². The third-order valence-corrected chi connectivity index (χ3v) is 6.98. The molecule has 2 saturated heterocycles. The summed E-state index contributed by atoms with van der Waals surface area (Å²) < 4.78 is 0. The van der Waals surface area contributed by atoms with E-state index in [0.717, 1.165) is 75.4 Å². The molecule has 1 aromatic rings. The van der Waals surface area contributed by atoms with Crippen molar-refractivity contribution in [1.29, 1.82) is 0 Å². The third-order valence-electron chi connectivity index (χ3n) is 6.15. The van der Waals surface area contributed by atoms with Crippen LogP contribution in [-0.2, 0) is 16.1 Å². The smallest absolute Gasteiger partial charge is 0.225 e. The highest BCUT2D eigenvalue weighted by Crippen LogP contribution is 2.32. The molecule has 6 nitrogen and oxygen atoms in total. The summed E-state index contributed by atoms with van der Waals surface area (Å²) in [5, 5.41) is 6.12. The van der Waals surface area contributed by atoms with Crippen LogP contribution in [0.4, 0.5) is 0 Å². The molecule has 2 amide bonds. The lowest BCUT2D eigenvalue weighted by molar-refractivity contribution is -0.134. The Kier molecular flexibility index (Phi) is 5.78. The summed E-state index contributed by atoms with van der Waals surface area (Å²) in [5.74, 6) is 0.934. The first-order valence-corrected chi connectivity index (χ1v) is 11.2. The average Bonchev–Trinajstić information content (AvgIpc) is 3.47. The Hall–Kier alpha value is -1.47. The largest absolute Gasteiger partial charge is 0.350 e. The molecule has 1 unspecified atom stereocenters. The van der Waals surface area contributed by atoms with Crippen molar-refractivity contribution >= 4 is 23.2 Å². The first kappa shape index (κ1) is 18.9. The van der Waals surface area contributed by atoms with Gasteiger partial charge in [-0.3, -0.25) is 14.5 Å². The first-order valence-electron chi connectivity index (χ1n) is 10.3. The standard InChI is InChI=1S/C20H30N4O2S/c1-14-22-17(13-27-14)11-21-19(25)16-3-2-8-24(12-16)18-6-9-23(10-7-18)20(26)15-4-5-15/h13,15-16,18H,2-12H2,1H3,(H,21,25). The lowest BCUT2D eigenvalue weighted by Gasteiger charge is -2.42. The van der Waals surface area contributed by atoms with Crippen LogP contribution in [0.5, 0.6) is 0 Å². The van der Waals surface area contributed by atoms with Gasteiger partial charge in [-0.2, -0.15) is 0 Å². The van der Waals surface area contributed by atoms with Gasteiger partial charge < -0.3 is 10.2 Å². The summed E-state index contributed by atoms with van der Waals surface area (Å²) in [6, 6.07) is 0.519. The van der Waals surface area contributed by atoms with E-state index in [-0.39, 0.29) is 11.8 Å². The van der Waals surface area contributed by atoms with Crippen molar-refractivity contribution in [2.24, 2.45) is 11.8 Å². The third kappa shape index (κ3) is 4.69. The first-order chi connectivity index (χ1) is 13.1. The number of aromatic nitrogens is 1. The number of amides is 2. The summed E-state index contributed by atoms with van der Waals surface area (Å²) in [7, 11) is 0. The fourth-order valence-corrected chi connectivity index (χ4v) is 5.02. The Labute approximate surface area is 165 Å². The maximum absolute atomic E-state index is 12.6. The lowest BCUT2D eigenvalue weighted by Crippen LogP contribution is -2.51. The predicted molar refractivity (Wildman–Crippen MR) is 105 cm³/mol. The van der Waals surface area contributed by atoms with Crippen LogP contribution < -0.4 is 5.32 Å². The van der Waals surface area contributed by atoms with Gasteiger partial charge in [-0.05, 0) is 52.0 Å². The Balaban J connectivity index is 1.24. The van der Waals surface area contributed by atoms with Gasteiger partial charge in [-0.25, -0.2) is 4.98 Å². The van der Waals surface area contributed by atoms with Crippen LogP contribution in [0.2, 0.25) is 0 Å². The molecule has 1 aliphatic carbocycles. The zero-order chi connectivity index (χ0) is 18.8. The molecule has 3 fully saturated rings. The molecular weight excluding hydrogens is 360 g/mol. The molecule has 4 rings (SSSR count). The maximum Gasteiger partial charge on any atom is 0.225 e. The van der Waals surface area contributed by atoms with Crippen molar-refractivity contribution in [3.05, 3.63) is 16.1 Å². The minimum atomic E-state index is 0.0737. The molecule has 1 atom stereocenters. The summed E-state index contributed by atoms with van der Waals surface area (Å²) >= 11 is 1.62. The van der Waals surface area contributed by atoms with Gasteiger partial charge in [0.05, 0.1) is 23.2 Å². The Morgan fingerprint density at radius 2 is 1.93 bits per heavy atom. The number of aryl methyl sites for hydroxylation is 1. The molecule has 0 spiro atoms. The zero-order valence-electron chi connectivity index (χ0n) is 16.2. The lowest BCUT2D eigenvalue weighted by atomic mass is 9.93. The van der Waals surface area contributed by atoms with Crippen LogP contribution >= 0.6 is 11.3 Å². The van der Waals surface area contributed by atoms with E-state index in [1.807, 2.05) is 12.3 Å². The van der Waals surface area contributed by atoms with Gasteiger partial charge in [-0.1, -0.05) is 0 Å². The van der Waals surface area contributed by atoms with Crippen molar-refractivity contribution in [3.63, 3.8) is 0 Å². The molecule has 3 aliphatic rings. The van der Waals surface area contributed by atoms with Gasteiger partial charge in [-0.15, -0.1) is 11.3 Å². The minimum absolute atomic E-state index is 0.0737. The molecule has 0 bridgehead atoms. The van der Waals surface area contributed by atoms with E-state index < -0.39 is 0 Å². The fraction of sp³-hybridized carbons (Fsp3) is 0.750. The molecule has 1 N–H and O–H groups in total. The molecule has 0 aromatic carbocycles. The second-order valence-corrected chi connectivity index (χ2v) is 9.30. The SMILES string of the molecule is Cc1nc(CNC(=O)C2CCCN(C3CCN(C(=O)C4CC4)CC3)C2)cs1. The summed E-state index contributed by atoms with van der Waals surface area (Å²) in [6.07, 6.45) is 6.31. The van der Waals surface area contributed by atoms with Crippen LogP contribution in [0.15, 0.2) is 5.38 Å². The van der Waals surface area contributed by atoms with Crippen LogP contribution in [0.1, 0.15) is 49.2 Å². The molecular formula is C20H30N4O2S. The number of nitrogens with zero attached hydrogens (tertiary/aromatic N) is 3. The Bertz CT molecular complexity index is 679. The number of carbonyl (C=O) groups excluding carboxylic acids is 2. The monoisotopic (exact) mass is 390 g/mol. The van der Waals surface area contributed by atoms with Crippen LogP contribution in [0.25, 0.3) is 0 Å². The van der Waals surface area contributed by atoms with Gasteiger partial charge in [0.2, 0.25) is 11.8 Å². The predicted octanol–water partition coefficient (Wildman–Crippen LogP) is 2.18. The van der Waals surface area contributed by atoms with E-state index in [2.05, 4.69) is 20.1 Å². The number of rotatable bonds is 5. The molecule has 27 heavy (non-hydrogen) atoms. The van der Waals surface area contributed by atoms with Crippen molar-refractivity contribution in [3.8, 4) is 0 Å². The number of hydrogen-bond acceptors (Lipinski definition) is 5. The van der Waals surface area contributed by atoms with Gasteiger partial charge >= 0.3 is 0 Å². The number of hydrogen-bond donors (Lipinski definition) is 1. The topological polar surface area (TPSA) is 65.5 Å². The summed E-state index contributed by atoms with van der Waals surface area (Å²) in [4.78, 5) is 33.8. The Morgan fingerprint density at radius 3 is 2.59 bits per heavy atom. The van der Waals surface area contributed by atoms with Gasteiger partial charge in [0.25, 0.3) is 0 Å². The maximum atomic E-state index is 12.6. The number of carbonyl (C=O) groups is 2. The normalized spacial score (nSPS) is 24.8. The molecule has 1 aromatic heterocycles. The quantitative estimate of drug-likeness (QED) is 0.837. The minimum Gasteiger partial charge on any atom is -0.350 e. The van der Waals surface area contributed by atoms with Gasteiger partial charge in [0, 0.05) is 37.0 Å². The van der Waals surface area contributed by atoms with E-state index in [9.17, 15) is 9.59 Å². The number of likely N-dealkylation sites (tertiary alicyclic amines) is 2. The molecule has 1 saturated carbocycles. The van der Waals surface area contributed by atoms with E-state index in [1.165, 1.54) is 0 Å². The molecule has 3 heterocycles. The second-order valence-electron chi connectivity index (χ2n) is 8.24. The van der Waals surface area contributed by atoms with E-state index in [1.54, 1.807) is 11.3 Å². The van der Waals surface area contributed by atoms with Crippen LogP contribution in [-0.4, -0.2) is 58.8 Å². The molecule has 7 heteroatoms. The highest BCUT2D eigenvalue weighted by Gasteiger charge is 2.37. The number of nitrogens with one attached hydrogen (secondary N) is 1. The van der Waals surface area contributed by atoms with Crippen LogP contribution in [0.3, 0.4) is 0 Å². The van der Waals surface area contributed by atoms with Crippen molar-refractivity contribution in [2.45, 2.75) is 58.0 Å². The summed E-state index contributed by atoms with van der Waals surface area (Å²) in [6.45, 7) is 6.21. The number of thiazole rings is 1. The zero-order valence-corrected chi connectivity index (χ0v) is 17.0. The average molecular weight is 391 g/mol. The fourth-order valence-electron chi connectivity index (χ4n) is 4.40. The van der Waals surface area contributed by atoms with Gasteiger partial charge in [0.15, 0.2) is 0 Å². The second kappa shape index (κ2) is 8.27. The summed E-state index contributed by atoms with van der Waals surface area (Å²) in [5.41, 5.74) is 0.950.